The number of halogens is 1. The van der Waals surface area contributed by atoms with E-state index in [1.165, 1.54) is 0 Å². The van der Waals surface area contributed by atoms with Crippen LogP contribution in [0.2, 0.25) is 0 Å². The highest BCUT2D eigenvalue weighted by Crippen LogP contribution is 2.34. The van der Waals surface area contributed by atoms with Crippen LogP contribution in [-0.2, 0) is 9.59 Å². The maximum atomic E-state index is 12.2. The van der Waals surface area contributed by atoms with Crippen molar-refractivity contribution in [3.05, 3.63) is 5.53 Å². The molecule has 1 saturated carbocycles. The fourth-order valence-electron chi connectivity index (χ4n) is 0.808. The highest BCUT2D eigenvalue weighted by atomic mass is 19.1. The van der Waals surface area contributed by atoms with Crippen LogP contribution in [0, 0.1) is 5.92 Å². The van der Waals surface area contributed by atoms with Crippen molar-refractivity contribution in [2.24, 2.45) is 5.92 Å². The monoisotopic (exact) mass is 172 g/mol. The van der Waals surface area contributed by atoms with Gasteiger partial charge in [-0.05, 0) is 6.42 Å². The lowest BCUT2D eigenvalue weighted by Crippen LogP contribution is -2.26. The maximum Gasteiger partial charge on any atom is 0.441 e. The number of nitrogens with zero attached hydrogens (tertiary/aromatic N) is 2. The van der Waals surface area contributed by atoms with Crippen molar-refractivity contribution < 1.29 is 23.9 Å². The van der Waals surface area contributed by atoms with E-state index in [4.69, 9.17) is 10.6 Å². The summed E-state index contributed by atoms with van der Waals surface area (Å²) in [6.07, 6.45) is -1.26. The summed E-state index contributed by atoms with van der Waals surface area (Å²) in [5, 5.41) is 8.27. The maximum absolute atomic E-state index is 12.2. The van der Waals surface area contributed by atoms with E-state index in [-0.39, 0.29) is 6.42 Å². The largest absolute Gasteiger partial charge is 0.472 e. The second kappa shape index (κ2) is 2.83. The van der Waals surface area contributed by atoms with E-state index in [2.05, 4.69) is 4.79 Å². The van der Waals surface area contributed by atoms with Crippen molar-refractivity contribution in [1.29, 1.82) is 0 Å². The van der Waals surface area contributed by atoms with E-state index >= 15 is 0 Å². The zero-order chi connectivity index (χ0) is 9.30. The molecule has 1 aliphatic carbocycles. The zero-order valence-electron chi connectivity index (χ0n) is 5.90. The Balaban J connectivity index is 2.75. The molecule has 0 radical (unpaired) electrons. The van der Waals surface area contributed by atoms with E-state index in [0.29, 0.717) is 0 Å². The molecule has 0 unspecified atom stereocenters. The Morgan fingerprint density at radius 3 is 2.33 bits per heavy atom. The van der Waals surface area contributed by atoms with Gasteiger partial charge < -0.3 is 10.6 Å². The molecule has 0 aromatic carbocycles. The Hall–Kier alpha value is -1.55. The summed E-state index contributed by atoms with van der Waals surface area (Å²) in [4.78, 5) is 23.3. The third-order valence-electron chi connectivity index (χ3n) is 1.59. The van der Waals surface area contributed by atoms with E-state index in [0.717, 1.165) is 0 Å². The Morgan fingerprint density at radius 1 is 1.58 bits per heavy atom. The molecule has 1 N–H and O–H groups in total. The summed E-state index contributed by atoms with van der Waals surface area (Å²) in [6, 6.07) is 0. The summed E-state index contributed by atoms with van der Waals surface area (Å²) in [5.74, 6) is -3.51. The normalized spacial score (nSPS) is 25.8. The molecular formula is C6H5FN2O3. The van der Waals surface area contributed by atoms with Crippen molar-refractivity contribution in [2.75, 3.05) is 0 Å². The van der Waals surface area contributed by atoms with Crippen LogP contribution in [0.3, 0.4) is 0 Å². The average Bonchev–Trinajstić information content (AvgIpc) is 2.67. The highest BCUT2D eigenvalue weighted by molar-refractivity contribution is 6.62. The predicted molar refractivity (Wildman–Crippen MR) is 34.3 cm³/mol. The fourth-order valence-corrected chi connectivity index (χ4v) is 0.808. The molecule has 12 heavy (non-hydrogen) atoms. The van der Waals surface area contributed by atoms with Crippen LogP contribution < -0.4 is 0 Å². The second-order valence-corrected chi connectivity index (χ2v) is 2.48. The highest BCUT2D eigenvalue weighted by Gasteiger charge is 2.50. The van der Waals surface area contributed by atoms with Crippen LogP contribution >= 0.6 is 0 Å². The number of hydrogen-bond donors (Lipinski definition) is 1. The van der Waals surface area contributed by atoms with Crippen molar-refractivity contribution in [3.8, 4) is 0 Å². The Kier molecular flexibility index (Phi) is 2.01. The summed E-state index contributed by atoms with van der Waals surface area (Å²) in [6.45, 7) is 0. The van der Waals surface area contributed by atoms with Gasteiger partial charge in [-0.3, -0.25) is 4.79 Å². The molecule has 6 heteroatoms. The number of aliphatic carboxylic acids is 1. The zero-order valence-corrected chi connectivity index (χ0v) is 5.90. The Bertz CT molecular complexity index is 295. The molecule has 5 nitrogen and oxygen atoms in total. The molecule has 1 aliphatic rings. The first-order valence-electron chi connectivity index (χ1n) is 3.21. The number of alkyl halides is 1. The summed E-state index contributed by atoms with van der Waals surface area (Å²) < 4.78 is 12.2. The molecule has 64 valence electrons. The quantitative estimate of drug-likeness (QED) is 0.273. The van der Waals surface area contributed by atoms with Gasteiger partial charge in [0.05, 0.1) is 5.92 Å². The smallest absolute Gasteiger partial charge is 0.441 e. The van der Waals surface area contributed by atoms with Crippen LogP contribution in [0.25, 0.3) is 5.53 Å². The van der Waals surface area contributed by atoms with Gasteiger partial charge in [-0.15, -0.1) is 0 Å². The second-order valence-electron chi connectivity index (χ2n) is 2.48. The van der Waals surface area contributed by atoms with Gasteiger partial charge in [0.15, 0.2) is 0 Å². The molecule has 0 aromatic heterocycles. The minimum atomic E-state index is -1.64. The van der Waals surface area contributed by atoms with E-state index in [1.807, 2.05) is 0 Å². The van der Waals surface area contributed by atoms with Crippen molar-refractivity contribution in [3.63, 3.8) is 0 Å². The van der Waals surface area contributed by atoms with Crippen molar-refractivity contribution in [1.82, 2.24) is 0 Å². The molecule has 1 fully saturated rings. The molecule has 0 spiro atoms. The molecule has 0 aliphatic heterocycles. The first-order chi connectivity index (χ1) is 5.57. The SMILES string of the molecule is [N-]=[N+]=C(C(=O)O)C(=O)[C@H]1C[C@H]1F. The minimum absolute atomic E-state index is 0.0190. The summed E-state index contributed by atoms with van der Waals surface area (Å²) >= 11 is 0. The number of hydrogen-bond acceptors (Lipinski definition) is 2. The van der Waals surface area contributed by atoms with Crippen LogP contribution in [0.1, 0.15) is 6.42 Å². The van der Waals surface area contributed by atoms with E-state index < -0.39 is 29.6 Å². The number of Topliss-reactive ketones (excluding diaryl/α,β-unsaturated/α-hetero) is 1. The minimum Gasteiger partial charge on any atom is -0.472 e. The molecule has 2 atom stereocenters. The molecule has 0 aromatic rings. The third kappa shape index (κ3) is 1.38. The van der Waals surface area contributed by atoms with Gasteiger partial charge in [-0.1, -0.05) is 0 Å². The van der Waals surface area contributed by atoms with Gasteiger partial charge >= 0.3 is 11.7 Å². The van der Waals surface area contributed by atoms with Crippen molar-refractivity contribution >= 4 is 17.5 Å². The Morgan fingerprint density at radius 2 is 2.08 bits per heavy atom. The number of carbonyl (C=O) groups is 2. The lowest BCUT2D eigenvalue weighted by atomic mass is 10.2. The molecule has 0 heterocycles. The van der Waals surface area contributed by atoms with Crippen LogP contribution in [0.15, 0.2) is 0 Å². The van der Waals surface area contributed by atoms with E-state index in [9.17, 15) is 14.0 Å². The molecular weight excluding hydrogens is 167 g/mol. The Labute approximate surface area is 66.4 Å². The van der Waals surface area contributed by atoms with Gasteiger partial charge in [0, 0.05) is 0 Å². The third-order valence-corrected chi connectivity index (χ3v) is 1.59. The fraction of sp³-hybridized carbons (Fsp3) is 0.500. The first-order valence-corrected chi connectivity index (χ1v) is 3.21. The van der Waals surface area contributed by atoms with Gasteiger partial charge in [0.25, 0.3) is 5.78 Å². The van der Waals surface area contributed by atoms with Gasteiger partial charge in [0.1, 0.15) is 6.17 Å². The van der Waals surface area contributed by atoms with Crippen molar-refractivity contribution in [2.45, 2.75) is 12.6 Å². The standard InChI is InChI=1S/C6H5FN2O3/c7-3-1-2(3)5(10)4(9-8)6(11)12/h2-3H,1H2,(H,11,12)/t2-,3+/m0/s1. The molecule has 0 amide bonds. The number of carboxylic acids is 1. The van der Waals surface area contributed by atoms with Gasteiger partial charge in [-0.25, -0.2) is 9.18 Å². The lowest BCUT2D eigenvalue weighted by molar-refractivity contribution is -0.137. The van der Waals surface area contributed by atoms with Crippen LogP contribution in [0.4, 0.5) is 4.39 Å². The van der Waals surface area contributed by atoms with Crippen LogP contribution in [-0.4, -0.2) is 33.5 Å². The molecule has 1 rings (SSSR count). The number of rotatable bonds is 3. The summed E-state index contributed by atoms with van der Waals surface area (Å²) in [7, 11) is 0. The first kappa shape index (κ1) is 8.55. The average molecular weight is 172 g/mol. The van der Waals surface area contributed by atoms with Gasteiger partial charge in [-0.2, -0.15) is 4.79 Å². The summed E-state index contributed by atoms with van der Waals surface area (Å²) in [5.41, 5.74) is 7.09. The van der Waals surface area contributed by atoms with E-state index in [1.54, 1.807) is 0 Å². The lowest BCUT2D eigenvalue weighted by Gasteiger charge is -1.85. The number of carbonyl (C=O) groups excluding carboxylic acids is 1. The molecule has 0 bridgehead atoms. The predicted octanol–water partition coefficient (Wildman–Crippen LogP) is -0.331. The number of ketones is 1. The van der Waals surface area contributed by atoms with Gasteiger partial charge in [0.2, 0.25) is 0 Å². The molecule has 0 saturated heterocycles. The van der Waals surface area contributed by atoms with Crippen LogP contribution in [0.5, 0.6) is 0 Å². The number of carboxylic acid groups (broad SMARTS) is 1. The topological polar surface area (TPSA) is 90.8 Å².